The maximum Gasteiger partial charge on any atom is 0.490 e. The van der Waals surface area contributed by atoms with Crippen molar-refractivity contribution in [2.24, 2.45) is 0 Å². The number of alkyl halides is 3. The molecule has 1 spiro atoms. The minimum absolute atomic E-state index is 0.0803. The minimum Gasteiger partial charge on any atom is -0.475 e. The van der Waals surface area contributed by atoms with Crippen molar-refractivity contribution < 1.29 is 27.9 Å². The number of nitrogens with zero attached hydrogens (tertiary/aromatic N) is 4. The van der Waals surface area contributed by atoms with Crippen LogP contribution in [-0.2, 0) is 9.59 Å². The van der Waals surface area contributed by atoms with E-state index in [1.807, 2.05) is 18.2 Å². The Hall–Kier alpha value is -3.24. The summed E-state index contributed by atoms with van der Waals surface area (Å²) in [6, 6.07) is 5.71. The van der Waals surface area contributed by atoms with E-state index in [9.17, 15) is 18.0 Å². The molecule has 0 aliphatic carbocycles. The third-order valence-electron chi connectivity index (χ3n) is 5.18. The van der Waals surface area contributed by atoms with Gasteiger partial charge in [-0.25, -0.2) is 14.8 Å². The Morgan fingerprint density at radius 3 is 2.33 bits per heavy atom. The third kappa shape index (κ3) is 5.02. The molecule has 8 nitrogen and oxygen atoms in total. The molecule has 0 radical (unpaired) electrons. The number of hydrogen-bond donors (Lipinski definition) is 2. The third-order valence-corrected chi connectivity index (χ3v) is 5.18. The van der Waals surface area contributed by atoms with Crippen molar-refractivity contribution in [1.29, 1.82) is 0 Å². The van der Waals surface area contributed by atoms with Gasteiger partial charge >= 0.3 is 12.1 Å². The van der Waals surface area contributed by atoms with Gasteiger partial charge in [0, 0.05) is 43.4 Å². The molecule has 2 aliphatic heterocycles. The van der Waals surface area contributed by atoms with Gasteiger partial charge in [0.25, 0.3) is 0 Å². The first-order valence-electron chi connectivity index (χ1n) is 9.24. The Balaban J connectivity index is 0.000000318. The molecule has 2 saturated heterocycles. The fourth-order valence-corrected chi connectivity index (χ4v) is 3.65. The van der Waals surface area contributed by atoms with Gasteiger partial charge in [0.2, 0.25) is 11.9 Å². The molecule has 0 bridgehead atoms. The van der Waals surface area contributed by atoms with E-state index in [1.165, 1.54) is 0 Å². The van der Waals surface area contributed by atoms with Gasteiger partial charge in [-0.2, -0.15) is 13.2 Å². The fraction of sp³-hybridized carbons (Fsp3) is 0.421. The molecule has 11 heteroatoms. The van der Waals surface area contributed by atoms with Gasteiger partial charge in [-0.15, -0.1) is 0 Å². The second kappa shape index (κ2) is 8.64. The number of hydrogen-bond acceptors (Lipinski definition) is 6. The molecular weight excluding hydrogens is 403 g/mol. The van der Waals surface area contributed by atoms with E-state index in [4.69, 9.17) is 9.90 Å². The van der Waals surface area contributed by atoms with Crippen LogP contribution in [0.4, 0.5) is 19.1 Å². The number of aliphatic carboxylic acids is 1. The fourth-order valence-electron chi connectivity index (χ4n) is 3.65. The van der Waals surface area contributed by atoms with Crippen LogP contribution in [0.2, 0.25) is 0 Å². The van der Waals surface area contributed by atoms with Crippen LogP contribution in [0.3, 0.4) is 0 Å². The Bertz CT molecular complexity index is 872. The predicted octanol–water partition coefficient (Wildman–Crippen LogP) is 2.15. The molecule has 0 saturated carbocycles. The van der Waals surface area contributed by atoms with Crippen LogP contribution in [0.15, 0.2) is 43.0 Å². The first-order chi connectivity index (χ1) is 14.2. The molecule has 4 rings (SSSR count). The van der Waals surface area contributed by atoms with Gasteiger partial charge in [-0.1, -0.05) is 6.07 Å². The van der Waals surface area contributed by atoms with Crippen molar-refractivity contribution in [2.75, 3.05) is 18.0 Å². The quantitative estimate of drug-likeness (QED) is 0.762. The first kappa shape index (κ1) is 21.5. The predicted molar refractivity (Wildman–Crippen MR) is 99.6 cm³/mol. The molecule has 1 unspecified atom stereocenters. The Morgan fingerprint density at radius 2 is 1.80 bits per heavy atom. The van der Waals surface area contributed by atoms with Crippen molar-refractivity contribution in [1.82, 2.24) is 20.3 Å². The molecule has 2 N–H and O–H groups in total. The lowest BCUT2D eigenvalue weighted by molar-refractivity contribution is -0.192. The number of carboxylic acid groups (broad SMARTS) is 1. The Kier molecular flexibility index (Phi) is 6.18. The summed E-state index contributed by atoms with van der Waals surface area (Å²) in [7, 11) is 0. The molecule has 2 aromatic heterocycles. The van der Waals surface area contributed by atoms with E-state index in [0.717, 1.165) is 43.9 Å². The van der Waals surface area contributed by atoms with Gasteiger partial charge in [0.15, 0.2) is 0 Å². The molecule has 2 aliphatic rings. The van der Waals surface area contributed by atoms with Crippen LogP contribution >= 0.6 is 0 Å². The molecule has 30 heavy (non-hydrogen) atoms. The smallest absolute Gasteiger partial charge is 0.475 e. The number of amides is 1. The molecule has 0 aromatic carbocycles. The zero-order valence-corrected chi connectivity index (χ0v) is 15.8. The van der Waals surface area contributed by atoms with Crippen LogP contribution in [0, 0.1) is 0 Å². The lowest BCUT2D eigenvalue weighted by Crippen LogP contribution is -2.51. The SMILES string of the molecule is O=C(O)C(F)(F)F.O=C1NC2(CCN(c3ncccn3)CC2)CC1c1cccnc1. The number of carbonyl (C=O) groups excluding carboxylic acids is 1. The van der Waals surface area contributed by atoms with Gasteiger partial charge in [-0.3, -0.25) is 9.78 Å². The average Bonchev–Trinajstić information content (AvgIpc) is 3.05. The summed E-state index contributed by atoms with van der Waals surface area (Å²) in [5.41, 5.74) is 0.916. The second-order valence-corrected chi connectivity index (χ2v) is 7.15. The van der Waals surface area contributed by atoms with E-state index in [1.54, 1.807) is 24.8 Å². The Labute approximate surface area is 170 Å². The number of halogens is 3. The summed E-state index contributed by atoms with van der Waals surface area (Å²) in [5.74, 6) is -1.94. The number of pyridine rings is 1. The highest BCUT2D eigenvalue weighted by Gasteiger charge is 2.46. The van der Waals surface area contributed by atoms with Gasteiger partial charge in [0.1, 0.15) is 0 Å². The number of piperidine rings is 1. The number of rotatable bonds is 2. The molecule has 160 valence electrons. The molecular formula is C19H20F3N5O3. The van der Waals surface area contributed by atoms with Gasteiger partial charge < -0.3 is 15.3 Å². The summed E-state index contributed by atoms with van der Waals surface area (Å²) in [4.78, 5) is 36.3. The zero-order chi connectivity index (χ0) is 21.8. The Morgan fingerprint density at radius 1 is 1.17 bits per heavy atom. The highest BCUT2D eigenvalue weighted by atomic mass is 19.4. The van der Waals surface area contributed by atoms with Gasteiger partial charge in [0.05, 0.1) is 5.92 Å². The number of nitrogens with one attached hydrogen (secondary N) is 1. The summed E-state index contributed by atoms with van der Waals surface area (Å²) in [6.07, 6.45) is 4.69. The zero-order valence-electron chi connectivity index (χ0n) is 15.8. The van der Waals surface area contributed by atoms with E-state index in [-0.39, 0.29) is 17.4 Å². The van der Waals surface area contributed by atoms with Crippen LogP contribution in [0.5, 0.6) is 0 Å². The normalized spacial score (nSPS) is 20.3. The van der Waals surface area contributed by atoms with E-state index in [0.29, 0.717) is 0 Å². The van der Waals surface area contributed by atoms with Crippen molar-refractivity contribution in [3.05, 3.63) is 48.5 Å². The van der Waals surface area contributed by atoms with E-state index < -0.39 is 12.1 Å². The maximum absolute atomic E-state index is 12.4. The minimum atomic E-state index is -5.08. The molecule has 2 fully saturated rings. The first-order valence-corrected chi connectivity index (χ1v) is 9.24. The van der Waals surface area contributed by atoms with Crippen molar-refractivity contribution >= 4 is 17.8 Å². The highest BCUT2D eigenvalue weighted by Crippen LogP contribution is 2.39. The van der Waals surface area contributed by atoms with Crippen LogP contribution < -0.4 is 10.2 Å². The van der Waals surface area contributed by atoms with E-state index >= 15 is 0 Å². The van der Waals surface area contributed by atoms with Crippen LogP contribution in [0.25, 0.3) is 0 Å². The number of carbonyl (C=O) groups is 2. The summed E-state index contributed by atoms with van der Waals surface area (Å²) < 4.78 is 31.7. The lowest BCUT2D eigenvalue weighted by atomic mass is 9.82. The van der Waals surface area contributed by atoms with Crippen molar-refractivity contribution in [3.63, 3.8) is 0 Å². The maximum atomic E-state index is 12.4. The number of aromatic nitrogens is 3. The molecule has 2 aromatic rings. The molecule has 4 heterocycles. The molecule has 1 atom stereocenters. The molecule has 1 amide bonds. The monoisotopic (exact) mass is 423 g/mol. The number of carboxylic acids is 1. The van der Waals surface area contributed by atoms with Gasteiger partial charge in [-0.05, 0) is 37.0 Å². The van der Waals surface area contributed by atoms with Crippen LogP contribution in [0.1, 0.15) is 30.7 Å². The standard InChI is InChI=1S/C17H19N5O.C2HF3O2/c23-15-14(13-3-1-6-18-12-13)11-17(21-15)4-9-22(10-5-17)16-19-7-2-8-20-16;3-2(4,5)1(6)7/h1-3,6-8,12,14H,4-5,9-11H2,(H,21,23);(H,6,7). The van der Waals surface area contributed by atoms with Crippen molar-refractivity contribution in [3.8, 4) is 0 Å². The summed E-state index contributed by atoms with van der Waals surface area (Å²) >= 11 is 0. The highest BCUT2D eigenvalue weighted by molar-refractivity contribution is 5.87. The summed E-state index contributed by atoms with van der Waals surface area (Å²) in [6.45, 7) is 1.73. The van der Waals surface area contributed by atoms with E-state index in [2.05, 4.69) is 25.2 Å². The average molecular weight is 423 g/mol. The van der Waals surface area contributed by atoms with Crippen LogP contribution in [-0.4, -0.2) is 56.7 Å². The topological polar surface area (TPSA) is 108 Å². The number of anilines is 1. The summed E-state index contributed by atoms with van der Waals surface area (Å²) in [5, 5.41) is 10.4. The second-order valence-electron chi connectivity index (χ2n) is 7.15. The lowest BCUT2D eigenvalue weighted by Gasteiger charge is -2.39. The van der Waals surface area contributed by atoms with Crippen molar-refractivity contribution in [2.45, 2.75) is 36.9 Å². The largest absolute Gasteiger partial charge is 0.490 e.